The van der Waals surface area contributed by atoms with Crippen molar-refractivity contribution in [3.8, 4) is 5.75 Å². The minimum absolute atomic E-state index is 0.156. The van der Waals surface area contributed by atoms with Gasteiger partial charge in [-0.15, -0.1) is 0 Å². The molecule has 0 aliphatic heterocycles. The third-order valence-corrected chi connectivity index (χ3v) is 4.21. The predicted octanol–water partition coefficient (Wildman–Crippen LogP) is 3.11. The molecule has 0 saturated carbocycles. The van der Waals surface area contributed by atoms with Crippen molar-refractivity contribution in [3.05, 3.63) is 59.9 Å². The molecule has 0 fully saturated rings. The number of para-hydroxylation sites is 1. The first-order valence-corrected chi connectivity index (χ1v) is 8.68. The predicted molar refractivity (Wildman–Crippen MR) is 89.4 cm³/mol. The maximum absolute atomic E-state index is 13.1. The van der Waals surface area contributed by atoms with E-state index in [2.05, 4.69) is 5.32 Å². The van der Waals surface area contributed by atoms with Gasteiger partial charge in [-0.2, -0.15) is 0 Å². The normalized spacial score (nSPS) is 11.7. The zero-order valence-corrected chi connectivity index (χ0v) is 13.6. The molecule has 122 valence electrons. The molecule has 0 heterocycles. The zero-order chi connectivity index (χ0) is 16.7. The van der Waals surface area contributed by atoms with E-state index in [4.69, 9.17) is 4.74 Å². The van der Waals surface area contributed by atoms with Gasteiger partial charge in [-0.1, -0.05) is 24.3 Å². The molecule has 0 spiro atoms. The van der Waals surface area contributed by atoms with Crippen LogP contribution in [0.25, 0.3) is 0 Å². The molecule has 23 heavy (non-hydrogen) atoms. The van der Waals surface area contributed by atoms with Crippen LogP contribution < -0.4 is 10.1 Å². The second-order valence-corrected chi connectivity index (χ2v) is 6.28. The molecule has 0 aliphatic rings. The van der Waals surface area contributed by atoms with Gasteiger partial charge in [-0.05, 0) is 31.2 Å². The lowest BCUT2D eigenvalue weighted by atomic mass is 10.2. The van der Waals surface area contributed by atoms with Gasteiger partial charge in [0.15, 0.2) is 0 Å². The summed E-state index contributed by atoms with van der Waals surface area (Å²) in [5.41, 5.74) is 1.15. The summed E-state index contributed by atoms with van der Waals surface area (Å²) in [5.74, 6) is -0.102. The number of carbonyl (C=O) groups is 1. The number of anilines is 1. The minimum atomic E-state index is -1.38. The van der Waals surface area contributed by atoms with Crippen LogP contribution in [0.3, 0.4) is 0 Å². The molecular weight excluding hydrogens is 317 g/mol. The molecule has 1 amide bonds. The zero-order valence-electron chi connectivity index (χ0n) is 12.8. The largest absolute Gasteiger partial charge is 0.494 e. The van der Waals surface area contributed by atoms with E-state index < -0.39 is 22.5 Å². The molecule has 1 atom stereocenters. The molecule has 2 aromatic rings. The topological polar surface area (TPSA) is 55.4 Å². The molecule has 1 N–H and O–H groups in total. The Bertz CT molecular complexity index is 706. The number of amides is 1. The molecule has 4 nitrogen and oxygen atoms in total. The highest BCUT2D eigenvalue weighted by Gasteiger charge is 2.12. The number of nitrogens with one attached hydrogen (secondary N) is 1. The lowest BCUT2D eigenvalue weighted by molar-refractivity contribution is -0.113. The molecule has 0 saturated heterocycles. The quantitative estimate of drug-likeness (QED) is 0.846. The third-order valence-electron chi connectivity index (χ3n) is 2.99. The van der Waals surface area contributed by atoms with E-state index in [0.717, 1.165) is 5.56 Å². The van der Waals surface area contributed by atoms with Crippen molar-refractivity contribution in [2.24, 2.45) is 0 Å². The van der Waals surface area contributed by atoms with Crippen LogP contribution in [0.15, 0.2) is 48.5 Å². The van der Waals surface area contributed by atoms with Crippen LogP contribution in [-0.2, 0) is 21.3 Å². The molecule has 1 unspecified atom stereocenters. The maximum atomic E-state index is 13.1. The first-order chi connectivity index (χ1) is 11.1. The number of hydrogen-bond acceptors (Lipinski definition) is 3. The molecule has 6 heteroatoms. The number of carbonyl (C=O) groups excluding carboxylic acids is 1. The van der Waals surface area contributed by atoms with Crippen molar-refractivity contribution in [1.29, 1.82) is 0 Å². The highest BCUT2D eigenvalue weighted by molar-refractivity contribution is 7.85. The first-order valence-electron chi connectivity index (χ1n) is 7.19. The third kappa shape index (κ3) is 5.49. The molecule has 0 bridgehead atoms. The van der Waals surface area contributed by atoms with Gasteiger partial charge >= 0.3 is 0 Å². The van der Waals surface area contributed by atoms with Crippen LogP contribution in [0.4, 0.5) is 10.1 Å². The fraction of sp³-hybridized carbons (Fsp3) is 0.235. The van der Waals surface area contributed by atoms with E-state index >= 15 is 0 Å². The van der Waals surface area contributed by atoms with E-state index in [1.807, 2.05) is 31.2 Å². The fourth-order valence-electron chi connectivity index (χ4n) is 2.05. The summed E-state index contributed by atoms with van der Waals surface area (Å²) in [7, 11) is -1.38. The molecule has 0 radical (unpaired) electrons. The number of rotatable bonds is 7. The monoisotopic (exact) mass is 335 g/mol. The Kier molecular flexibility index (Phi) is 6.29. The van der Waals surface area contributed by atoms with Gasteiger partial charge in [-0.25, -0.2) is 4.39 Å². The van der Waals surface area contributed by atoms with Crippen molar-refractivity contribution in [2.45, 2.75) is 12.7 Å². The number of ether oxygens (including phenoxy) is 1. The molecule has 2 rings (SSSR count). The van der Waals surface area contributed by atoms with E-state index in [1.165, 1.54) is 18.2 Å². The molecule has 0 aliphatic carbocycles. The van der Waals surface area contributed by atoms with Gasteiger partial charge in [0, 0.05) is 22.1 Å². The fourth-order valence-corrected chi connectivity index (χ4v) is 3.11. The Balaban J connectivity index is 1.93. The minimum Gasteiger partial charge on any atom is -0.494 e. The second-order valence-electron chi connectivity index (χ2n) is 4.83. The summed E-state index contributed by atoms with van der Waals surface area (Å²) in [6.07, 6.45) is 0. The van der Waals surface area contributed by atoms with E-state index in [0.29, 0.717) is 18.0 Å². The van der Waals surface area contributed by atoms with Gasteiger partial charge in [0.2, 0.25) is 5.91 Å². The van der Waals surface area contributed by atoms with Crippen LogP contribution >= 0.6 is 0 Å². The van der Waals surface area contributed by atoms with Crippen molar-refractivity contribution in [3.63, 3.8) is 0 Å². The number of hydrogen-bond donors (Lipinski definition) is 1. The van der Waals surface area contributed by atoms with E-state index in [9.17, 15) is 13.4 Å². The summed E-state index contributed by atoms with van der Waals surface area (Å²) in [6.45, 7) is 2.39. The number of benzene rings is 2. The molecule has 0 aromatic heterocycles. The van der Waals surface area contributed by atoms with Crippen molar-refractivity contribution in [1.82, 2.24) is 0 Å². The van der Waals surface area contributed by atoms with Gasteiger partial charge < -0.3 is 10.1 Å². The number of halogens is 1. The second kappa shape index (κ2) is 8.43. The van der Waals surface area contributed by atoms with Crippen molar-refractivity contribution >= 4 is 22.4 Å². The van der Waals surface area contributed by atoms with Crippen LogP contribution in [0.2, 0.25) is 0 Å². The Morgan fingerprint density at radius 2 is 2.00 bits per heavy atom. The summed E-state index contributed by atoms with van der Waals surface area (Å²) < 4.78 is 30.7. The Morgan fingerprint density at radius 1 is 1.22 bits per heavy atom. The SMILES string of the molecule is CCOc1ccccc1CS(=O)CC(=O)Nc1cccc(F)c1. The van der Waals surface area contributed by atoms with Gasteiger partial charge in [0.1, 0.15) is 17.3 Å². The van der Waals surface area contributed by atoms with Crippen molar-refractivity contribution in [2.75, 3.05) is 17.7 Å². The van der Waals surface area contributed by atoms with Gasteiger partial charge in [-0.3, -0.25) is 9.00 Å². The smallest absolute Gasteiger partial charge is 0.237 e. The summed E-state index contributed by atoms with van der Waals surface area (Å²) in [5, 5.41) is 2.54. The first kappa shape index (κ1) is 17.1. The highest BCUT2D eigenvalue weighted by Crippen LogP contribution is 2.19. The highest BCUT2D eigenvalue weighted by atomic mass is 32.2. The summed E-state index contributed by atoms with van der Waals surface area (Å²) in [6, 6.07) is 12.9. The summed E-state index contributed by atoms with van der Waals surface area (Å²) in [4.78, 5) is 11.9. The van der Waals surface area contributed by atoms with Crippen LogP contribution in [0.1, 0.15) is 12.5 Å². The van der Waals surface area contributed by atoms with Crippen molar-refractivity contribution < 1.29 is 18.1 Å². The van der Waals surface area contributed by atoms with Crippen LogP contribution in [0.5, 0.6) is 5.75 Å². The Morgan fingerprint density at radius 3 is 2.74 bits per heavy atom. The Labute approximate surface area is 137 Å². The van der Waals surface area contributed by atoms with Crippen LogP contribution in [0, 0.1) is 5.82 Å². The molecular formula is C17H18FNO3S. The van der Waals surface area contributed by atoms with Crippen LogP contribution in [-0.4, -0.2) is 22.5 Å². The van der Waals surface area contributed by atoms with Gasteiger partial charge in [0.05, 0.1) is 12.4 Å². The van der Waals surface area contributed by atoms with Gasteiger partial charge in [0.25, 0.3) is 0 Å². The lowest BCUT2D eigenvalue weighted by Gasteiger charge is -2.10. The Hall–Kier alpha value is -2.21. The molecule has 2 aromatic carbocycles. The van der Waals surface area contributed by atoms with E-state index in [1.54, 1.807) is 6.07 Å². The maximum Gasteiger partial charge on any atom is 0.237 e. The summed E-state index contributed by atoms with van der Waals surface area (Å²) >= 11 is 0. The standard InChI is InChI=1S/C17H18FNO3S/c1-2-22-16-9-4-3-6-13(16)11-23(21)12-17(20)19-15-8-5-7-14(18)10-15/h3-10H,2,11-12H2,1H3,(H,19,20). The average molecular weight is 335 g/mol. The lowest BCUT2D eigenvalue weighted by Crippen LogP contribution is -2.20. The van der Waals surface area contributed by atoms with E-state index in [-0.39, 0.29) is 11.5 Å². The average Bonchev–Trinajstić information content (AvgIpc) is 2.49.